The summed E-state index contributed by atoms with van der Waals surface area (Å²) in [5.74, 6) is 5.36. The van der Waals surface area contributed by atoms with Crippen molar-refractivity contribution in [3.05, 3.63) is 0 Å². The summed E-state index contributed by atoms with van der Waals surface area (Å²) in [6.07, 6.45) is 14.8. The Morgan fingerprint density at radius 3 is 2.29 bits per heavy atom. The van der Waals surface area contributed by atoms with Gasteiger partial charge in [0.1, 0.15) is 0 Å². The Kier molecular flexibility index (Phi) is 4.53. The van der Waals surface area contributed by atoms with E-state index in [2.05, 4.69) is 13.8 Å². The van der Waals surface area contributed by atoms with Crippen LogP contribution in [-0.4, -0.2) is 13.1 Å². The number of nitrogens with two attached hydrogens (primary N) is 2. The van der Waals surface area contributed by atoms with E-state index in [-0.39, 0.29) is 0 Å². The summed E-state index contributed by atoms with van der Waals surface area (Å²) < 4.78 is 0. The molecule has 4 N–H and O–H groups in total. The molecule has 138 valence electrons. The summed E-state index contributed by atoms with van der Waals surface area (Å²) in [7, 11) is 0. The molecule has 0 saturated heterocycles. The summed E-state index contributed by atoms with van der Waals surface area (Å²) in [5.41, 5.74) is 13.4. The van der Waals surface area contributed by atoms with E-state index in [1.165, 1.54) is 64.2 Å². The normalized spacial score (nSPS) is 51.1. The summed E-state index contributed by atoms with van der Waals surface area (Å²) in [6.45, 7) is 6.89. The highest BCUT2D eigenvalue weighted by Crippen LogP contribution is 2.68. The fourth-order valence-electron chi connectivity index (χ4n) is 8.53. The molecule has 4 fully saturated rings. The van der Waals surface area contributed by atoms with Crippen molar-refractivity contribution in [1.82, 2.24) is 0 Å². The largest absolute Gasteiger partial charge is 0.330 e. The summed E-state index contributed by atoms with van der Waals surface area (Å²) in [5, 5.41) is 0. The van der Waals surface area contributed by atoms with Gasteiger partial charge in [0.2, 0.25) is 0 Å². The molecule has 0 aromatic rings. The van der Waals surface area contributed by atoms with Gasteiger partial charge in [-0.25, -0.2) is 0 Å². The molecule has 0 aliphatic heterocycles. The SMILES string of the molecule is C[C@]12CC[C@H]3[C@@H](CCC4CCCC[C@@]43C)[C@@H]1CC[C@@H]2C(CN)CN. The van der Waals surface area contributed by atoms with Crippen molar-refractivity contribution in [1.29, 1.82) is 0 Å². The van der Waals surface area contributed by atoms with Crippen LogP contribution >= 0.6 is 0 Å². The fraction of sp³-hybridized carbons (Fsp3) is 1.00. The molecular formula is C22H40N2. The molecule has 1 unspecified atom stereocenters. The third kappa shape index (κ3) is 2.35. The average molecular weight is 333 g/mol. The van der Waals surface area contributed by atoms with Crippen molar-refractivity contribution >= 4 is 0 Å². The van der Waals surface area contributed by atoms with Gasteiger partial charge in [-0.2, -0.15) is 0 Å². The van der Waals surface area contributed by atoms with Crippen LogP contribution in [0.5, 0.6) is 0 Å². The molecule has 4 rings (SSSR count). The quantitative estimate of drug-likeness (QED) is 0.795. The van der Waals surface area contributed by atoms with Gasteiger partial charge in [0.05, 0.1) is 0 Å². The van der Waals surface area contributed by atoms with Crippen LogP contribution in [0.1, 0.15) is 78.1 Å². The van der Waals surface area contributed by atoms with Crippen LogP contribution in [0.4, 0.5) is 0 Å². The Morgan fingerprint density at radius 1 is 0.792 bits per heavy atom. The summed E-state index contributed by atoms with van der Waals surface area (Å²) in [4.78, 5) is 0. The van der Waals surface area contributed by atoms with Gasteiger partial charge in [0.25, 0.3) is 0 Å². The van der Waals surface area contributed by atoms with E-state index >= 15 is 0 Å². The molecule has 24 heavy (non-hydrogen) atoms. The third-order valence-electron chi connectivity index (χ3n) is 9.83. The van der Waals surface area contributed by atoms with Gasteiger partial charge >= 0.3 is 0 Å². The van der Waals surface area contributed by atoms with Gasteiger partial charge in [-0.05, 0) is 111 Å². The summed E-state index contributed by atoms with van der Waals surface area (Å²) in [6, 6.07) is 0. The lowest BCUT2D eigenvalue weighted by molar-refractivity contribution is -0.114. The van der Waals surface area contributed by atoms with Crippen molar-refractivity contribution in [3.63, 3.8) is 0 Å². The van der Waals surface area contributed by atoms with Gasteiger partial charge < -0.3 is 11.5 Å². The summed E-state index contributed by atoms with van der Waals surface area (Å²) >= 11 is 0. The molecule has 0 aromatic carbocycles. The molecule has 2 nitrogen and oxygen atoms in total. The van der Waals surface area contributed by atoms with Crippen LogP contribution in [-0.2, 0) is 0 Å². The predicted molar refractivity (Wildman–Crippen MR) is 101 cm³/mol. The molecule has 0 spiro atoms. The zero-order valence-corrected chi connectivity index (χ0v) is 16.1. The van der Waals surface area contributed by atoms with Crippen molar-refractivity contribution in [2.24, 2.45) is 57.8 Å². The number of hydrogen-bond acceptors (Lipinski definition) is 2. The second-order valence-electron chi connectivity index (χ2n) is 10.4. The highest BCUT2D eigenvalue weighted by atomic mass is 14.7. The highest BCUT2D eigenvalue weighted by molar-refractivity contribution is 5.09. The predicted octanol–water partition coefficient (Wildman–Crippen LogP) is 4.57. The van der Waals surface area contributed by atoms with Gasteiger partial charge in [0.15, 0.2) is 0 Å². The topological polar surface area (TPSA) is 52.0 Å². The molecular weight excluding hydrogens is 292 g/mol. The minimum atomic E-state index is 0.530. The second kappa shape index (κ2) is 6.27. The standard InChI is InChI=1S/C22H40N2/c1-21-11-4-3-5-16(21)6-7-17-19-9-8-18(15(13-23)14-24)22(19,2)12-10-20(17)21/h15-20H,3-14,23-24H2,1-2H3/t16?,17-,18+,19-,20-,21-,22+/m0/s1. The average Bonchev–Trinajstić information content (AvgIpc) is 2.93. The first-order chi connectivity index (χ1) is 11.5. The van der Waals surface area contributed by atoms with E-state index in [1.54, 1.807) is 0 Å². The lowest BCUT2D eigenvalue weighted by Gasteiger charge is -2.61. The van der Waals surface area contributed by atoms with Gasteiger partial charge in [0, 0.05) is 0 Å². The zero-order chi connectivity index (χ0) is 16.9. The first kappa shape index (κ1) is 17.3. The molecule has 7 atom stereocenters. The van der Waals surface area contributed by atoms with Crippen molar-refractivity contribution in [3.8, 4) is 0 Å². The van der Waals surface area contributed by atoms with E-state index in [0.717, 1.165) is 42.7 Å². The van der Waals surface area contributed by atoms with Crippen molar-refractivity contribution in [2.75, 3.05) is 13.1 Å². The van der Waals surface area contributed by atoms with Crippen LogP contribution < -0.4 is 11.5 Å². The number of rotatable bonds is 3. The van der Waals surface area contributed by atoms with E-state index in [0.29, 0.717) is 16.7 Å². The Bertz CT molecular complexity index is 459. The zero-order valence-electron chi connectivity index (χ0n) is 16.1. The maximum absolute atomic E-state index is 6.10. The van der Waals surface area contributed by atoms with Gasteiger partial charge in [-0.3, -0.25) is 0 Å². The van der Waals surface area contributed by atoms with Gasteiger partial charge in [-0.1, -0.05) is 26.7 Å². The molecule has 0 amide bonds. The molecule has 2 heteroatoms. The van der Waals surface area contributed by atoms with Crippen LogP contribution in [0.25, 0.3) is 0 Å². The molecule has 0 bridgehead atoms. The first-order valence-electron chi connectivity index (χ1n) is 10.9. The maximum Gasteiger partial charge on any atom is -0.00339 e. The molecule has 0 heterocycles. The van der Waals surface area contributed by atoms with Crippen LogP contribution in [0.3, 0.4) is 0 Å². The molecule has 0 radical (unpaired) electrons. The Balaban J connectivity index is 1.59. The highest BCUT2D eigenvalue weighted by Gasteiger charge is 2.60. The molecule has 4 aliphatic carbocycles. The molecule has 4 saturated carbocycles. The van der Waals surface area contributed by atoms with E-state index in [4.69, 9.17) is 11.5 Å². The second-order valence-corrected chi connectivity index (χ2v) is 10.4. The minimum Gasteiger partial charge on any atom is -0.330 e. The third-order valence-corrected chi connectivity index (χ3v) is 9.83. The minimum absolute atomic E-state index is 0.530. The van der Waals surface area contributed by atoms with Crippen LogP contribution in [0, 0.1) is 46.3 Å². The first-order valence-corrected chi connectivity index (χ1v) is 10.9. The van der Waals surface area contributed by atoms with E-state index in [1.807, 2.05) is 0 Å². The van der Waals surface area contributed by atoms with Crippen LogP contribution in [0.15, 0.2) is 0 Å². The van der Waals surface area contributed by atoms with Gasteiger partial charge in [-0.15, -0.1) is 0 Å². The lowest BCUT2D eigenvalue weighted by Crippen LogP contribution is -2.53. The van der Waals surface area contributed by atoms with E-state index in [9.17, 15) is 0 Å². The van der Waals surface area contributed by atoms with Crippen molar-refractivity contribution < 1.29 is 0 Å². The Morgan fingerprint density at radius 2 is 1.54 bits per heavy atom. The fourth-order valence-corrected chi connectivity index (χ4v) is 8.53. The van der Waals surface area contributed by atoms with Crippen LogP contribution in [0.2, 0.25) is 0 Å². The molecule has 0 aromatic heterocycles. The number of hydrogen-bond donors (Lipinski definition) is 2. The van der Waals surface area contributed by atoms with E-state index < -0.39 is 0 Å². The molecule has 4 aliphatic rings. The lowest BCUT2D eigenvalue weighted by atomic mass is 9.44. The Labute approximate surface area is 149 Å². The number of fused-ring (bicyclic) bond motifs is 5. The maximum atomic E-state index is 6.10. The Hall–Kier alpha value is -0.0800. The monoisotopic (exact) mass is 332 g/mol. The van der Waals surface area contributed by atoms with Crippen molar-refractivity contribution in [2.45, 2.75) is 78.1 Å². The smallest absolute Gasteiger partial charge is 0.00339 e.